The van der Waals surface area contributed by atoms with Gasteiger partial charge in [-0.05, 0) is 54.8 Å². The summed E-state index contributed by atoms with van der Waals surface area (Å²) in [5.74, 6) is -1.46. The number of amides is 1. The zero-order chi connectivity index (χ0) is 16.2. The summed E-state index contributed by atoms with van der Waals surface area (Å²) >= 11 is 0. The molecule has 1 N–H and O–H groups in total. The summed E-state index contributed by atoms with van der Waals surface area (Å²) in [6, 6.07) is 13.4. The molecular weight excluding hydrogens is 292 g/mol. The Morgan fingerprint density at radius 3 is 2.00 bits per heavy atom. The summed E-state index contributed by atoms with van der Waals surface area (Å²) in [5, 5.41) is 13.4. The van der Waals surface area contributed by atoms with E-state index < -0.39 is 5.97 Å². The Kier molecular flexibility index (Phi) is 4.28. The van der Waals surface area contributed by atoms with Crippen molar-refractivity contribution in [3.63, 3.8) is 0 Å². The molecule has 0 aromatic heterocycles. The fraction of sp³-hybridized carbons (Fsp3) is 0.222. The summed E-state index contributed by atoms with van der Waals surface area (Å²) in [7, 11) is 0. The topological polar surface area (TPSA) is 72.5 Å². The molecule has 2 aromatic rings. The van der Waals surface area contributed by atoms with Crippen LogP contribution in [0, 0.1) is 0 Å². The summed E-state index contributed by atoms with van der Waals surface area (Å²) in [5.41, 5.74) is 2.33. The fourth-order valence-electron chi connectivity index (χ4n) is 2.69. The molecule has 0 saturated carbocycles. The number of hydrogen-bond donors (Lipinski definition) is 1. The number of anilines is 2. The third kappa shape index (κ3) is 3.51. The molecule has 0 spiro atoms. The fourth-order valence-corrected chi connectivity index (χ4v) is 2.69. The highest BCUT2D eigenvalue weighted by atomic mass is 16.4. The normalized spacial score (nSPS) is 13.8. The first-order chi connectivity index (χ1) is 11.1. The molecule has 5 nitrogen and oxygen atoms in total. The third-order valence-electron chi connectivity index (χ3n) is 3.98. The standard InChI is InChI=1S/C18H18N2O3/c21-17(19-15-7-3-14(4-8-15)18(22)23)13-5-9-16(10-6-13)20-11-1-2-12-20/h3-10H,1-2,11-12H2,(H,19,21)(H,22,23)/p-1. The summed E-state index contributed by atoms with van der Waals surface area (Å²) in [6.07, 6.45) is 2.42. The van der Waals surface area contributed by atoms with Crippen LogP contribution in [0.15, 0.2) is 48.5 Å². The molecule has 1 amide bonds. The van der Waals surface area contributed by atoms with E-state index in [1.807, 2.05) is 12.1 Å². The van der Waals surface area contributed by atoms with Gasteiger partial charge in [-0.25, -0.2) is 0 Å². The van der Waals surface area contributed by atoms with Crippen LogP contribution in [0.1, 0.15) is 33.6 Å². The van der Waals surface area contributed by atoms with Crippen molar-refractivity contribution in [2.45, 2.75) is 12.8 Å². The zero-order valence-electron chi connectivity index (χ0n) is 12.6. The van der Waals surface area contributed by atoms with E-state index in [0.717, 1.165) is 18.8 Å². The second-order valence-corrected chi connectivity index (χ2v) is 5.56. The molecule has 0 atom stereocenters. The number of carboxylic acids is 1. The van der Waals surface area contributed by atoms with Crippen molar-refractivity contribution < 1.29 is 14.7 Å². The molecule has 1 heterocycles. The quantitative estimate of drug-likeness (QED) is 0.936. The van der Waals surface area contributed by atoms with Crippen LogP contribution in [0.25, 0.3) is 0 Å². The van der Waals surface area contributed by atoms with Gasteiger partial charge in [0.1, 0.15) is 0 Å². The van der Waals surface area contributed by atoms with Crippen LogP contribution in [0.4, 0.5) is 11.4 Å². The van der Waals surface area contributed by atoms with E-state index in [9.17, 15) is 14.7 Å². The van der Waals surface area contributed by atoms with E-state index in [-0.39, 0.29) is 11.5 Å². The van der Waals surface area contributed by atoms with Gasteiger partial charge in [0, 0.05) is 30.0 Å². The number of benzene rings is 2. The van der Waals surface area contributed by atoms with Crippen LogP contribution >= 0.6 is 0 Å². The predicted molar refractivity (Wildman–Crippen MR) is 86.6 cm³/mol. The van der Waals surface area contributed by atoms with Crippen LogP contribution in [-0.4, -0.2) is 25.0 Å². The molecule has 1 saturated heterocycles. The Labute approximate surface area is 134 Å². The number of carboxylic acid groups (broad SMARTS) is 1. The van der Waals surface area contributed by atoms with Gasteiger partial charge in [-0.15, -0.1) is 0 Å². The lowest BCUT2D eigenvalue weighted by Gasteiger charge is -2.17. The molecule has 23 heavy (non-hydrogen) atoms. The lowest BCUT2D eigenvalue weighted by molar-refractivity contribution is -0.255. The molecule has 118 valence electrons. The van der Waals surface area contributed by atoms with Gasteiger partial charge in [0.05, 0.1) is 5.97 Å². The number of carbonyl (C=O) groups is 2. The lowest BCUT2D eigenvalue weighted by atomic mass is 10.1. The van der Waals surface area contributed by atoms with Gasteiger partial charge in [-0.3, -0.25) is 4.79 Å². The molecule has 1 aliphatic heterocycles. The van der Waals surface area contributed by atoms with Crippen molar-refractivity contribution in [1.82, 2.24) is 0 Å². The monoisotopic (exact) mass is 309 g/mol. The second kappa shape index (κ2) is 6.52. The number of rotatable bonds is 4. The maximum Gasteiger partial charge on any atom is 0.255 e. The molecule has 0 bridgehead atoms. The summed E-state index contributed by atoms with van der Waals surface area (Å²) < 4.78 is 0. The Bertz CT molecular complexity index is 702. The second-order valence-electron chi connectivity index (χ2n) is 5.56. The SMILES string of the molecule is O=C([O-])c1ccc(NC(=O)c2ccc(N3CCCC3)cc2)cc1. The highest BCUT2D eigenvalue weighted by Gasteiger charge is 2.13. The molecule has 1 aliphatic rings. The maximum absolute atomic E-state index is 12.2. The molecule has 0 unspecified atom stereocenters. The average molecular weight is 309 g/mol. The van der Waals surface area contributed by atoms with Crippen molar-refractivity contribution >= 4 is 23.3 Å². The predicted octanol–water partition coefficient (Wildman–Crippen LogP) is 1.90. The van der Waals surface area contributed by atoms with Crippen molar-refractivity contribution in [2.24, 2.45) is 0 Å². The van der Waals surface area contributed by atoms with E-state index >= 15 is 0 Å². The number of aromatic carboxylic acids is 1. The third-order valence-corrected chi connectivity index (χ3v) is 3.98. The Balaban J connectivity index is 1.66. The number of nitrogens with one attached hydrogen (secondary N) is 1. The first-order valence-corrected chi connectivity index (χ1v) is 7.61. The largest absolute Gasteiger partial charge is 0.545 e. The van der Waals surface area contributed by atoms with Crippen molar-refractivity contribution in [3.8, 4) is 0 Å². The first kappa shape index (κ1) is 15.1. The van der Waals surface area contributed by atoms with Gasteiger partial charge < -0.3 is 20.1 Å². The van der Waals surface area contributed by atoms with Gasteiger partial charge in [0.25, 0.3) is 5.91 Å². The van der Waals surface area contributed by atoms with Gasteiger partial charge in [-0.1, -0.05) is 12.1 Å². The van der Waals surface area contributed by atoms with Crippen molar-refractivity contribution in [1.29, 1.82) is 0 Å². The van der Waals surface area contributed by atoms with Crippen LogP contribution in [0.2, 0.25) is 0 Å². The number of carbonyl (C=O) groups excluding carboxylic acids is 2. The van der Waals surface area contributed by atoms with Gasteiger partial charge >= 0.3 is 0 Å². The molecule has 1 fully saturated rings. The minimum Gasteiger partial charge on any atom is -0.545 e. The summed E-state index contributed by atoms with van der Waals surface area (Å²) in [6.45, 7) is 2.13. The van der Waals surface area contributed by atoms with Gasteiger partial charge in [-0.2, -0.15) is 0 Å². The van der Waals surface area contributed by atoms with Crippen LogP contribution < -0.4 is 15.3 Å². The summed E-state index contributed by atoms with van der Waals surface area (Å²) in [4.78, 5) is 25.2. The van der Waals surface area contributed by atoms with E-state index in [4.69, 9.17) is 0 Å². The molecule has 0 radical (unpaired) electrons. The van der Waals surface area contributed by atoms with E-state index in [2.05, 4.69) is 10.2 Å². The lowest BCUT2D eigenvalue weighted by Crippen LogP contribution is -2.22. The van der Waals surface area contributed by atoms with Gasteiger partial charge in [0.2, 0.25) is 0 Å². The first-order valence-electron chi connectivity index (χ1n) is 7.61. The smallest absolute Gasteiger partial charge is 0.255 e. The zero-order valence-corrected chi connectivity index (χ0v) is 12.6. The van der Waals surface area contributed by atoms with E-state index in [1.165, 1.54) is 25.0 Å². The molecule has 3 rings (SSSR count). The Morgan fingerprint density at radius 1 is 0.870 bits per heavy atom. The maximum atomic E-state index is 12.2. The van der Waals surface area contributed by atoms with Crippen LogP contribution in [0.5, 0.6) is 0 Å². The van der Waals surface area contributed by atoms with E-state index in [0.29, 0.717) is 11.3 Å². The molecule has 5 heteroatoms. The van der Waals surface area contributed by atoms with Crippen molar-refractivity contribution in [2.75, 3.05) is 23.3 Å². The minimum absolute atomic E-state index is 0.0814. The molecule has 0 aliphatic carbocycles. The number of hydrogen-bond acceptors (Lipinski definition) is 4. The van der Waals surface area contributed by atoms with E-state index in [1.54, 1.807) is 24.3 Å². The Morgan fingerprint density at radius 2 is 1.43 bits per heavy atom. The molecule has 2 aromatic carbocycles. The van der Waals surface area contributed by atoms with Crippen LogP contribution in [0.3, 0.4) is 0 Å². The average Bonchev–Trinajstić information content (AvgIpc) is 3.10. The minimum atomic E-state index is -1.24. The van der Waals surface area contributed by atoms with Crippen molar-refractivity contribution in [3.05, 3.63) is 59.7 Å². The highest BCUT2D eigenvalue weighted by Crippen LogP contribution is 2.21. The Hall–Kier alpha value is -2.82. The highest BCUT2D eigenvalue weighted by molar-refractivity contribution is 6.04. The molecular formula is C18H17N2O3-. The number of nitrogens with zero attached hydrogens (tertiary/aromatic N) is 1. The van der Waals surface area contributed by atoms with Crippen LogP contribution in [-0.2, 0) is 0 Å². The van der Waals surface area contributed by atoms with Gasteiger partial charge in [0.15, 0.2) is 0 Å².